The van der Waals surface area contributed by atoms with Gasteiger partial charge in [-0.05, 0) is 36.4 Å². The van der Waals surface area contributed by atoms with Crippen LogP contribution in [0.3, 0.4) is 0 Å². The van der Waals surface area contributed by atoms with Gasteiger partial charge in [-0.25, -0.2) is 9.79 Å². The van der Waals surface area contributed by atoms with Crippen LogP contribution in [-0.4, -0.2) is 42.6 Å². The number of para-hydroxylation sites is 1. The minimum atomic E-state index is -0.708. The van der Waals surface area contributed by atoms with Gasteiger partial charge in [-0.1, -0.05) is 23.9 Å². The molecule has 0 saturated heterocycles. The van der Waals surface area contributed by atoms with E-state index < -0.39 is 5.97 Å². The first-order chi connectivity index (χ1) is 14.0. The van der Waals surface area contributed by atoms with E-state index in [0.717, 1.165) is 11.8 Å². The highest BCUT2D eigenvalue weighted by Crippen LogP contribution is 2.42. The number of hydrogen-bond donors (Lipinski definition) is 2. The Labute approximate surface area is 171 Å². The molecule has 1 aliphatic rings. The van der Waals surface area contributed by atoms with Crippen LogP contribution >= 0.6 is 11.8 Å². The number of methoxy groups -OCH3 is 3. The number of aliphatic hydroxyl groups excluding tert-OH is 1. The van der Waals surface area contributed by atoms with Crippen LogP contribution in [0.25, 0.3) is 6.08 Å². The summed E-state index contributed by atoms with van der Waals surface area (Å²) in [6.07, 6.45) is 1.55. The SMILES string of the molecule is COC(=O)C1=C(O)/C(=C\c2cccc(OC)c2O)SC1=Nc1ccc(OC)cc1. The number of rotatable bonds is 5. The lowest BCUT2D eigenvalue weighted by Gasteiger charge is -2.06. The molecule has 29 heavy (non-hydrogen) atoms. The molecule has 0 aliphatic carbocycles. The summed E-state index contributed by atoms with van der Waals surface area (Å²) in [4.78, 5) is 17.0. The Balaban J connectivity index is 2.04. The molecule has 2 aromatic carbocycles. The van der Waals surface area contributed by atoms with Crippen molar-refractivity contribution in [3.63, 3.8) is 0 Å². The Morgan fingerprint density at radius 2 is 1.76 bits per heavy atom. The second-order valence-electron chi connectivity index (χ2n) is 5.84. The van der Waals surface area contributed by atoms with Crippen molar-refractivity contribution in [1.82, 2.24) is 0 Å². The highest BCUT2D eigenvalue weighted by molar-refractivity contribution is 8.18. The van der Waals surface area contributed by atoms with Crippen molar-refractivity contribution in [2.75, 3.05) is 21.3 Å². The Kier molecular flexibility index (Phi) is 6.13. The molecule has 0 aromatic heterocycles. The second kappa shape index (κ2) is 8.74. The fourth-order valence-corrected chi connectivity index (χ4v) is 3.65. The lowest BCUT2D eigenvalue weighted by atomic mass is 10.1. The average molecular weight is 413 g/mol. The molecule has 0 saturated carbocycles. The predicted molar refractivity (Wildman–Crippen MR) is 112 cm³/mol. The van der Waals surface area contributed by atoms with Crippen LogP contribution in [0.1, 0.15) is 5.56 Å². The van der Waals surface area contributed by atoms with Gasteiger partial charge in [0.15, 0.2) is 11.5 Å². The fourth-order valence-electron chi connectivity index (χ4n) is 2.63. The fraction of sp³-hybridized carbons (Fsp3) is 0.143. The van der Waals surface area contributed by atoms with Gasteiger partial charge >= 0.3 is 5.97 Å². The van der Waals surface area contributed by atoms with Crippen molar-refractivity contribution in [2.45, 2.75) is 0 Å². The van der Waals surface area contributed by atoms with E-state index in [4.69, 9.17) is 14.2 Å². The summed E-state index contributed by atoms with van der Waals surface area (Å²) in [6.45, 7) is 0. The quantitative estimate of drug-likeness (QED) is 0.709. The number of carbonyl (C=O) groups is 1. The van der Waals surface area contributed by atoms with Gasteiger partial charge in [0.1, 0.15) is 22.1 Å². The molecule has 0 unspecified atom stereocenters. The molecule has 1 heterocycles. The topological polar surface area (TPSA) is 97.6 Å². The molecule has 150 valence electrons. The zero-order chi connectivity index (χ0) is 21.0. The number of phenolic OH excluding ortho intramolecular Hbond substituents is 1. The number of phenols is 1. The monoisotopic (exact) mass is 413 g/mol. The van der Waals surface area contributed by atoms with Gasteiger partial charge in [-0.15, -0.1) is 0 Å². The zero-order valence-corrected chi connectivity index (χ0v) is 16.8. The largest absolute Gasteiger partial charge is 0.506 e. The Morgan fingerprint density at radius 3 is 2.38 bits per heavy atom. The van der Waals surface area contributed by atoms with Gasteiger partial charge in [0.2, 0.25) is 0 Å². The van der Waals surface area contributed by atoms with E-state index in [0.29, 0.717) is 27.7 Å². The number of aromatic hydroxyl groups is 1. The summed E-state index contributed by atoms with van der Waals surface area (Å²) in [5.74, 6) is -0.0762. The summed E-state index contributed by atoms with van der Waals surface area (Å²) < 4.78 is 15.0. The Bertz CT molecular complexity index is 1020. The van der Waals surface area contributed by atoms with Crippen LogP contribution in [0.5, 0.6) is 17.2 Å². The summed E-state index contributed by atoms with van der Waals surface area (Å²) in [6, 6.07) is 11.9. The second-order valence-corrected chi connectivity index (χ2v) is 6.87. The molecular formula is C21H19NO6S. The third-order valence-corrected chi connectivity index (χ3v) is 5.14. The van der Waals surface area contributed by atoms with Crippen molar-refractivity contribution < 1.29 is 29.2 Å². The maximum Gasteiger partial charge on any atom is 0.344 e. The van der Waals surface area contributed by atoms with Crippen LogP contribution in [0.4, 0.5) is 5.69 Å². The number of aliphatic hydroxyl groups is 1. The molecule has 0 radical (unpaired) electrons. The minimum absolute atomic E-state index is 0.0399. The van der Waals surface area contributed by atoms with Crippen LogP contribution < -0.4 is 9.47 Å². The highest BCUT2D eigenvalue weighted by atomic mass is 32.2. The lowest BCUT2D eigenvalue weighted by Crippen LogP contribution is -2.10. The normalized spacial score (nSPS) is 16.4. The maximum atomic E-state index is 12.2. The number of carbonyl (C=O) groups excluding carboxylic acids is 1. The first kappa shape index (κ1) is 20.3. The van der Waals surface area contributed by atoms with E-state index in [2.05, 4.69) is 4.99 Å². The standard InChI is InChI=1S/C21H19NO6S/c1-26-14-9-7-13(8-10-14)22-20-17(21(25)28-3)19(24)16(29-20)11-12-5-4-6-15(27-2)18(12)23/h4-11,23-24H,1-3H3/b16-11+,22-20?. The smallest absolute Gasteiger partial charge is 0.344 e. The molecule has 8 heteroatoms. The van der Waals surface area contributed by atoms with Crippen LogP contribution in [0.15, 0.2) is 63.7 Å². The van der Waals surface area contributed by atoms with Crippen molar-refractivity contribution in [3.05, 3.63) is 64.3 Å². The molecule has 2 aromatic rings. The van der Waals surface area contributed by atoms with E-state index in [1.54, 1.807) is 55.7 Å². The first-order valence-corrected chi connectivity index (χ1v) is 9.30. The van der Waals surface area contributed by atoms with E-state index in [9.17, 15) is 15.0 Å². The van der Waals surface area contributed by atoms with Crippen molar-refractivity contribution in [2.24, 2.45) is 4.99 Å². The van der Waals surface area contributed by atoms with Crippen molar-refractivity contribution >= 4 is 34.5 Å². The number of hydrogen-bond acceptors (Lipinski definition) is 8. The van der Waals surface area contributed by atoms with Gasteiger partial charge in [-0.3, -0.25) is 0 Å². The van der Waals surface area contributed by atoms with Crippen LogP contribution in [0, 0.1) is 0 Å². The van der Waals surface area contributed by atoms with E-state index in [-0.39, 0.29) is 22.1 Å². The molecule has 2 N–H and O–H groups in total. The predicted octanol–water partition coefficient (Wildman–Crippen LogP) is 4.21. The number of thioether (sulfide) groups is 1. The Morgan fingerprint density at radius 1 is 1.03 bits per heavy atom. The maximum absolute atomic E-state index is 12.2. The molecule has 0 bridgehead atoms. The highest BCUT2D eigenvalue weighted by Gasteiger charge is 2.33. The molecule has 3 rings (SSSR count). The minimum Gasteiger partial charge on any atom is -0.506 e. The van der Waals surface area contributed by atoms with Crippen molar-refractivity contribution in [3.8, 4) is 17.2 Å². The number of esters is 1. The van der Waals surface area contributed by atoms with Crippen LogP contribution in [0.2, 0.25) is 0 Å². The van der Waals surface area contributed by atoms with Crippen LogP contribution in [-0.2, 0) is 9.53 Å². The first-order valence-electron chi connectivity index (χ1n) is 8.49. The molecule has 0 atom stereocenters. The lowest BCUT2D eigenvalue weighted by molar-refractivity contribution is -0.135. The molecule has 0 amide bonds. The van der Waals surface area contributed by atoms with E-state index >= 15 is 0 Å². The number of ether oxygens (including phenoxy) is 3. The molecule has 0 fully saturated rings. The summed E-state index contributed by atoms with van der Waals surface area (Å²) >= 11 is 1.10. The third kappa shape index (κ3) is 4.22. The third-order valence-electron chi connectivity index (χ3n) is 4.12. The molecular weight excluding hydrogens is 394 g/mol. The summed E-state index contributed by atoms with van der Waals surface area (Å²) in [5, 5.41) is 21.2. The van der Waals surface area contributed by atoms with Gasteiger partial charge < -0.3 is 24.4 Å². The van der Waals surface area contributed by atoms with Gasteiger partial charge in [0.25, 0.3) is 0 Å². The van der Waals surface area contributed by atoms with E-state index in [1.165, 1.54) is 14.2 Å². The summed E-state index contributed by atoms with van der Waals surface area (Å²) in [5.41, 5.74) is 0.961. The Hall–Kier alpha value is -3.39. The number of benzene rings is 2. The summed E-state index contributed by atoms with van der Waals surface area (Å²) in [7, 11) is 4.24. The van der Waals surface area contributed by atoms with Gasteiger partial charge in [0.05, 0.1) is 31.9 Å². The van der Waals surface area contributed by atoms with Gasteiger partial charge in [0, 0.05) is 5.56 Å². The number of nitrogens with zero attached hydrogens (tertiary/aromatic N) is 1. The number of aliphatic imine (C=N–C) groups is 1. The average Bonchev–Trinajstić information content (AvgIpc) is 3.04. The molecule has 0 spiro atoms. The zero-order valence-electron chi connectivity index (χ0n) is 16.0. The molecule has 7 nitrogen and oxygen atoms in total. The van der Waals surface area contributed by atoms with E-state index in [1.807, 2.05) is 0 Å². The molecule has 1 aliphatic heterocycles. The van der Waals surface area contributed by atoms with Crippen molar-refractivity contribution in [1.29, 1.82) is 0 Å². The van der Waals surface area contributed by atoms with Gasteiger partial charge in [-0.2, -0.15) is 0 Å².